The SMILES string of the molecule is CCCCCN1[CH]NC(=S)N1. The summed E-state index contributed by atoms with van der Waals surface area (Å²) < 4.78 is 0. The predicted octanol–water partition coefficient (Wildman–Crippen LogP) is 0.991. The van der Waals surface area contributed by atoms with Gasteiger partial charge in [0.15, 0.2) is 5.11 Å². The second kappa shape index (κ2) is 4.51. The zero-order valence-corrected chi connectivity index (χ0v) is 7.58. The highest BCUT2D eigenvalue weighted by atomic mass is 32.1. The summed E-state index contributed by atoms with van der Waals surface area (Å²) in [6, 6.07) is 0. The monoisotopic (exact) mass is 172 g/mol. The van der Waals surface area contributed by atoms with Crippen LogP contribution in [0.15, 0.2) is 0 Å². The van der Waals surface area contributed by atoms with Gasteiger partial charge in [-0.05, 0) is 18.6 Å². The van der Waals surface area contributed by atoms with Gasteiger partial charge in [0.05, 0.1) is 0 Å². The average molecular weight is 172 g/mol. The van der Waals surface area contributed by atoms with Crippen molar-refractivity contribution in [2.75, 3.05) is 6.54 Å². The molecule has 0 amide bonds. The van der Waals surface area contributed by atoms with E-state index in [1.54, 1.807) is 0 Å². The van der Waals surface area contributed by atoms with Gasteiger partial charge in [-0.2, -0.15) is 5.01 Å². The first-order valence-electron chi connectivity index (χ1n) is 4.00. The first-order valence-corrected chi connectivity index (χ1v) is 4.41. The highest BCUT2D eigenvalue weighted by molar-refractivity contribution is 7.80. The van der Waals surface area contributed by atoms with Gasteiger partial charge in [0, 0.05) is 6.54 Å². The zero-order chi connectivity index (χ0) is 8.10. The van der Waals surface area contributed by atoms with E-state index in [0.29, 0.717) is 5.11 Å². The van der Waals surface area contributed by atoms with Gasteiger partial charge < -0.3 is 5.32 Å². The maximum atomic E-state index is 4.88. The minimum atomic E-state index is 0.696. The Bertz CT molecular complexity index is 138. The van der Waals surface area contributed by atoms with Crippen LogP contribution >= 0.6 is 12.2 Å². The zero-order valence-electron chi connectivity index (χ0n) is 6.76. The summed E-state index contributed by atoms with van der Waals surface area (Å²) in [7, 11) is 0. The van der Waals surface area contributed by atoms with Crippen molar-refractivity contribution in [2.24, 2.45) is 0 Å². The average Bonchev–Trinajstić information content (AvgIpc) is 2.37. The summed E-state index contributed by atoms with van der Waals surface area (Å²) in [6.07, 6.45) is 3.74. The van der Waals surface area contributed by atoms with Crippen molar-refractivity contribution < 1.29 is 0 Å². The van der Waals surface area contributed by atoms with Gasteiger partial charge in [0.1, 0.15) is 6.67 Å². The fraction of sp³-hybridized carbons (Fsp3) is 0.714. The van der Waals surface area contributed by atoms with E-state index in [1.165, 1.54) is 19.3 Å². The molecule has 0 aromatic rings. The quantitative estimate of drug-likeness (QED) is 0.488. The number of rotatable bonds is 4. The molecule has 1 aliphatic heterocycles. The molecule has 0 saturated carbocycles. The molecule has 3 nitrogen and oxygen atoms in total. The maximum absolute atomic E-state index is 4.88. The number of hydrogen-bond acceptors (Lipinski definition) is 2. The standard InChI is InChI=1S/C7H14N3S/c1-2-3-4-5-10-6-8-7(11)9-10/h6H,2-5H2,1H3,(H2,8,9,11). The fourth-order valence-electron chi connectivity index (χ4n) is 0.984. The van der Waals surface area contributed by atoms with E-state index in [0.717, 1.165) is 6.54 Å². The molecule has 11 heavy (non-hydrogen) atoms. The predicted molar refractivity (Wildman–Crippen MR) is 49.4 cm³/mol. The van der Waals surface area contributed by atoms with Crippen LogP contribution in [0, 0.1) is 6.67 Å². The smallest absolute Gasteiger partial charge is 0.182 e. The van der Waals surface area contributed by atoms with Crippen molar-refractivity contribution in [1.29, 1.82) is 0 Å². The number of nitrogens with zero attached hydrogens (tertiary/aromatic N) is 1. The lowest BCUT2D eigenvalue weighted by atomic mass is 10.2. The first-order chi connectivity index (χ1) is 5.33. The van der Waals surface area contributed by atoms with Gasteiger partial charge in [-0.3, -0.25) is 5.43 Å². The van der Waals surface area contributed by atoms with Crippen LogP contribution in [0.3, 0.4) is 0 Å². The van der Waals surface area contributed by atoms with Crippen molar-refractivity contribution in [2.45, 2.75) is 26.2 Å². The van der Waals surface area contributed by atoms with Crippen molar-refractivity contribution in [3.8, 4) is 0 Å². The van der Waals surface area contributed by atoms with E-state index in [1.807, 2.05) is 11.7 Å². The van der Waals surface area contributed by atoms with Crippen LogP contribution in [0.5, 0.6) is 0 Å². The Hall–Kier alpha value is -0.350. The normalized spacial score (nSPS) is 18.1. The van der Waals surface area contributed by atoms with Crippen molar-refractivity contribution in [3.63, 3.8) is 0 Å². The van der Waals surface area contributed by atoms with Crippen LogP contribution in [0.4, 0.5) is 0 Å². The third-order valence-electron chi connectivity index (χ3n) is 1.60. The molecule has 0 atom stereocenters. The molecule has 4 heteroatoms. The Morgan fingerprint density at radius 2 is 2.36 bits per heavy atom. The lowest BCUT2D eigenvalue weighted by Crippen LogP contribution is -2.31. The van der Waals surface area contributed by atoms with Crippen molar-refractivity contribution in [3.05, 3.63) is 6.67 Å². The van der Waals surface area contributed by atoms with Crippen molar-refractivity contribution in [1.82, 2.24) is 15.8 Å². The minimum absolute atomic E-state index is 0.696. The molecule has 0 spiro atoms. The summed E-state index contributed by atoms with van der Waals surface area (Å²) in [6.45, 7) is 5.10. The van der Waals surface area contributed by atoms with Crippen LogP contribution < -0.4 is 10.7 Å². The van der Waals surface area contributed by atoms with Gasteiger partial charge in [-0.25, -0.2) is 0 Å². The number of hydrogen-bond donors (Lipinski definition) is 2. The van der Waals surface area contributed by atoms with E-state index >= 15 is 0 Å². The van der Waals surface area contributed by atoms with Gasteiger partial charge in [-0.1, -0.05) is 19.8 Å². The number of unbranched alkanes of at least 4 members (excludes halogenated alkanes) is 2. The van der Waals surface area contributed by atoms with E-state index in [-0.39, 0.29) is 0 Å². The molecule has 1 aliphatic rings. The number of thiocarbonyl (C=S) groups is 1. The van der Waals surface area contributed by atoms with Gasteiger partial charge >= 0.3 is 0 Å². The van der Waals surface area contributed by atoms with Crippen LogP contribution in [0.1, 0.15) is 26.2 Å². The Morgan fingerprint density at radius 1 is 1.55 bits per heavy atom. The van der Waals surface area contributed by atoms with E-state index in [9.17, 15) is 0 Å². The molecule has 0 aromatic carbocycles. The summed E-state index contributed by atoms with van der Waals surface area (Å²) in [5.41, 5.74) is 3.01. The topological polar surface area (TPSA) is 27.3 Å². The molecule has 63 valence electrons. The highest BCUT2D eigenvalue weighted by Gasteiger charge is 2.13. The first kappa shape index (κ1) is 8.74. The van der Waals surface area contributed by atoms with Crippen LogP contribution in [0.2, 0.25) is 0 Å². The summed E-state index contributed by atoms with van der Waals surface area (Å²) in [5, 5.41) is 5.60. The van der Waals surface area contributed by atoms with Gasteiger partial charge in [0.25, 0.3) is 0 Å². The lowest BCUT2D eigenvalue weighted by molar-refractivity contribution is 0.308. The van der Waals surface area contributed by atoms with Crippen LogP contribution in [0.25, 0.3) is 0 Å². The molecule has 1 radical (unpaired) electrons. The second-order valence-electron chi connectivity index (χ2n) is 2.61. The molecule has 0 bridgehead atoms. The van der Waals surface area contributed by atoms with E-state index in [2.05, 4.69) is 17.7 Å². The molecular formula is C7H14N3S. The largest absolute Gasteiger partial charge is 0.342 e. The molecule has 1 saturated heterocycles. The molecule has 0 aromatic heterocycles. The number of hydrazine groups is 1. The Balaban J connectivity index is 2.04. The summed E-state index contributed by atoms with van der Waals surface area (Å²) in [4.78, 5) is 0. The highest BCUT2D eigenvalue weighted by Crippen LogP contribution is 1.99. The molecule has 2 N–H and O–H groups in total. The van der Waals surface area contributed by atoms with Crippen LogP contribution in [-0.2, 0) is 0 Å². The van der Waals surface area contributed by atoms with E-state index < -0.39 is 0 Å². The lowest BCUT2D eigenvalue weighted by Gasteiger charge is -2.11. The third kappa shape index (κ3) is 3.03. The van der Waals surface area contributed by atoms with Gasteiger partial charge in [0.2, 0.25) is 0 Å². The summed E-state index contributed by atoms with van der Waals surface area (Å²) >= 11 is 4.88. The Labute approximate surface area is 73.1 Å². The van der Waals surface area contributed by atoms with Gasteiger partial charge in [-0.15, -0.1) is 0 Å². The Kier molecular flexibility index (Phi) is 3.59. The van der Waals surface area contributed by atoms with E-state index in [4.69, 9.17) is 12.2 Å². The van der Waals surface area contributed by atoms with Crippen molar-refractivity contribution >= 4 is 17.3 Å². The molecule has 1 fully saturated rings. The molecule has 1 heterocycles. The minimum Gasteiger partial charge on any atom is -0.342 e. The molecular weight excluding hydrogens is 158 g/mol. The second-order valence-corrected chi connectivity index (χ2v) is 3.02. The fourth-order valence-corrected chi connectivity index (χ4v) is 1.15. The molecule has 0 unspecified atom stereocenters. The third-order valence-corrected chi connectivity index (χ3v) is 1.81. The molecule has 0 aliphatic carbocycles. The molecule has 1 rings (SSSR count). The summed E-state index contributed by atoms with van der Waals surface area (Å²) in [5.74, 6) is 0. The Morgan fingerprint density at radius 3 is 2.91 bits per heavy atom. The maximum Gasteiger partial charge on any atom is 0.182 e. The number of nitrogens with one attached hydrogen (secondary N) is 2. The van der Waals surface area contributed by atoms with Crippen LogP contribution in [-0.4, -0.2) is 16.7 Å².